The van der Waals surface area contributed by atoms with E-state index in [1.807, 2.05) is 18.2 Å². The SMILES string of the molecule is COc1cc(C(=O)N(C)Cc2ccccc2Cl)cc(OC)c1OC. The normalized spacial score (nSPS) is 10.2. The molecule has 0 fully saturated rings. The van der Waals surface area contributed by atoms with Crippen molar-refractivity contribution in [3.05, 3.63) is 52.5 Å². The molecule has 0 radical (unpaired) electrons. The van der Waals surface area contributed by atoms with Gasteiger partial charge in [0.25, 0.3) is 5.91 Å². The fourth-order valence-electron chi connectivity index (χ4n) is 2.38. The second-order valence-corrected chi connectivity index (χ2v) is 5.57. The Morgan fingerprint density at radius 3 is 2.12 bits per heavy atom. The molecule has 24 heavy (non-hydrogen) atoms. The van der Waals surface area contributed by atoms with Crippen LogP contribution in [0.3, 0.4) is 0 Å². The zero-order chi connectivity index (χ0) is 17.7. The van der Waals surface area contributed by atoms with E-state index in [2.05, 4.69) is 0 Å². The lowest BCUT2D eigenvalue weighted by Gasteiger charge is -2.20. The molecule has 0 N–H and O–H groups in total. The highest BCUT2D eigenvalue weighted by Gasteiger charge is 2.19. The van der Waals surface area contributed by atoms with E-state index in [0.29, 0.717) is 34.4 Å². The highest BCUT2D eigenvalue weighted by Crippen LogP contribution is 2.38. The van der Waals surface area contributed by atoms with Gasteiger partial charge in [0.05, 0.1) is 21.3 Å². The smallest absolute Gasteiger partial charge is 0.254 e. The molecule has 0 heterocycles. The second-order valence-electron chi connectivity index (χ2n) is 5.17. The number of ether oxygens (including phenoxy) is 3. The number of benzene rings is 2. The fourth-order valence-corrected chi connectivity index (χ4v) is 2.57. The summed E-state index contributed by atoms with van der Waals surface area (Å²) in [5.74, 6) is 1.15. The Hall–Kier alpha value is -2.40. The Bertz CT molecular complexity index is 708. The molecular weight excluding hydrogens is 330 g/mol. The van der Waals surface area contributed by atoms with Crippen LogP contribution < -0.4 is 14.2 Å². The molecule has 0 saturated heterocycles. The third-order valence-corrected chi connectivity index (χ3v) is 3.99. The molecule has 5 nitrogen and oxygen atoms in total. The van der Waals surface area contributed by atoms with E-state index >= 15 is 0 Å². The highest BCUT2D eigenvalue weighted by molar-refractivity contribution is 6.31. The lowest BCUT2D eigenvalue weighted by Crippen LogP contribution is -2.26. The van der Waals surface area contributed by atoms with Crippen molar-refractivity contribution in [1.29, 1.82) is 0 Å². The lowest BCUT2D eigenvalue weighted by atomic mass is 10.1. The number of methoxy groups -OCH3 is 3. The van der Waals surface area contributed by atoms with Gasteiger partial charge in [0.1, 0.15) is 0 Å². The molecular formula is C18H20ClNO4. The molecule has 0 saturated carbocycles. The van der Waals surface area contributed by atoms with E-state index in [-0.39, 0.29) is 5.91 Å². The predicted molar refractivity (Wildman–Crippen MR) is 93.3 cm³/mol. The molecule has 0 aliphatic heterocycles. The van der Waals surface area contributed by atoms with Crippen molar-refractivity contribution in [2.24, 2.45) is 0 Å². The third-order valence-electron chi connectivity index (χ3n) is 3.62. The zero-order valence-corrected chi connectivity index (χ0v) is 14.9. The summed E-state index contributed by atoms with van der Waals surface area (Å²) in [7, 11) is 6.26. The maximum atomic E-state index is 12.7. The molecule has 0 unspecified atom stereocenters. The van der Waals surface area contributed by atoms with E-state index in [1.54, 1.807) is 30.1 Å². The number of halogens is 1. The third kappa shape index (κ3) is 3.74. The Morgan fingerprint density at radius 2 is 1.62 bits per heavy atom. The highest BCUT2D eigenvalue weighted by atomic mass is 35.5. The summed E-state index contributed by atoms with van der Waals surface area (Å²) in [5, 5.41) is 0.627. The summed E-state index contributed by atoms with van der Waals surface area (Å²) in [6.07, 6.45) is 0. The first-order valence-corrected chi connectivity index (χ1v) is 7.68. The van der Waals surface area contributed by atoms with Gasteiger partial charge in [0.2, 0.25) is 5.75 Å². The molecule has 1 amide bonds. The number of carbonyl (C=O) groups excluding carboxylic acids is 1. The van der Waals surface area contributed by atoms with Gasteiger partial charge in [-0.25, -0.2) is 0 Å². The number of hydrogen-bond donors (Lipinski definition) is 0. The van der Waals surface area contributed by atoms with Gasteiger partial charge < -0.3 is 19.1 Å². The lowest BCUT2D eigenvalue weighted by molar-refractivity contribution is 0.0784. The van der Waals surface area contributed by atoms with E-state index in [0.717, 1.165) is 5.56 Å². The Labute approximate surface area is 146 Å². The Balaban J connectivity index is 2.30. The van der Waals surface area contributed by atoms with Crippen LogP contribution in [0, 0.1) is 0 Å². The molecule has 0 spiro atoms. The Morgan fingerprint density at radius 1 is 1.04 bits per heavy atom. The van der Waals surface area contributed by atoms with Crippen molar-refractivity contribution < 1.29 is 19.0 Å². The molecule has 0 atom stereocenters. The summed E-state index contributed by atoms with van der Waals surface area (Å²) >= 11 is 6.16. The molecule has 2 aromatic rings. The van der Waals surface area contributed by atoms with Gasteiger partial charge in [-0.15, -0.1) is 0 Å². The van der Waals surface area contributed by atoms with Gasteiger partial charge in [0, 0.05) is 24.2 Å². The van der Waals surface area contributed by atoms with Gasteiger partial charge in [0.15, 0.2) is 11.5 Å². The monoisotopic (exact) mass is 349 g/mol. The van der Waals surface area contributed by atoms with Crippen LogP contribution in [0.4, 0.5) is 0 Å². The number of nitrogens with zero attached hydrogens (tertiary/aromatic N) is 1. The number of rotatable bonds is 6. The van der Waals surface area contributed by atoms with Crippen molar-refractivity contribution in [2.45, 2.75) is 6.54 Å². The van der Waals surface area contributed by atoms with Crippen LogP contribution in [-0.4, -0.2) is 39.2 Å². The van der Waals surface area contributed by atoms with Crippen molar-refractivity contribution in [2.75, 3.05) is 28.4 Å². The number of hydrogen-bond acceptors (Lipinski definition) is 4. The summed E-state index contributed by atoms with van der Waals surface area (Å²) < 4.78 is 15.9. The van der Waals surface area contributed by atoms with Crippen LogP contribution in [-0.2, 0) is 6.54 Å². The van der Waals surface area contributed by atoms with Gasteiger partial charge in [-0.2, -0.15) is 0 Å². The first kappa shape index (κ1) is 17.9. The Kier molecular flexibility index (Phi) is 5.93. The van der Waals surface area contributed by atoms with Crippen molar-refractivity contribution in [1.82, 2.24) is 4.90 Å². The minimum absolute atomic E-state index is 0.172. The number of amides is 1. The van der Waals surface area contributed by atoms with Crippen molar-refractivity contribution >= 4 is 17.5 Å². The molecule has 0 aliphatic carbocycles. The standard InChI is InChI=1S/C18H20ClNO4/c1-20(11-12-7-5-6-8-14(12)19)18(21)13-9-15(22-2)17(24-4)16(10-13)23-3/h5-10H,11H2,1-4H3. The first-order valence-electron chi connectivity index (χ1n) is 7.30. The zero-order valence-electron chi connectivity index (χ0n) is 14.1. The van der Waals surface area contributed by atoms with Gasteiger partial charge in [-0.3, -0.25) is 4.79 Å². The van der Waals surface area contributed by atoms with Crippen LogP contribution in [0.25, 0.3) is 0 Å². The molecule has 128 valence electrons. The van der Waals surface area contributed by atoms with Crippen LogP contribution in [0.15, 0.2) is 36.4 Å². The van der Waals surface area contributed by atoms with Crippen LogP contribution in [0.2, 0.25) is 5.02 Å². The topological polar surface area (TPSA) is 48.0 Å². The minimum atomic E-state index is -0.172. The molecule has 2 aromatic carbocycles. The molecule has 6 heteroatoms. The van der Waals surface area contributed by atoms with Gasteiger partial charge in [-0.1, -0.05) is 29.8 Å². The largest absolute Gasteiger partial charge is 0.493 e. The molecule has 2 rings (SSSR count). The quantitative estimate of drug-likeness (QED) is 0.799. The summed E-state index contributed by atoms with van der Waals surface area (Å²) in [5.41, 5.74) is 1.32. The van der Waals surface area contributed by atoms with E-state index in [4.69, 9.17) is 25.8 Å². The summed E-state index contributed by atoms with van der Waals surface area (Å²) in [6, 6.07) is 10.7. The second kappa shape index (κ2) is 7.93. The summed E-state index contributed by atoms with van der Waals surface area (Å²) in [4.78, 5) is 14.3. The van der Waals surface area contributed by atoms with E-state index < -0.39 is 0 Å². The minimum Gasteiger partial charge on any atom is -0.493 e. The summed E-state index contributed by atoms with van der Waals surface area (Å²) in [6.45, 7) is 0.398. The fraction of sp³-hybridized carbons (Fsp3) is 0.278. The molecule has 0 aliphatic rings. The van der Waals surface area contributed by atoms with Crippen LogP contribution in [0.1, 0.15) is 15.9 Å². The maximum Gasteiger partial charge on any atom is 0.254 e. The van der Waals surface area contributed by atoms with Crippen molar-refractivity contribution in [3.63, 3.8) is 0 Å². The average Bonchev–Trinajstić information content (AvgIpc) is 2.61. The number of carbonyl (C=O) groups is 1. The maximum absolute atomic E-state index is 12.7. The molecule has 0 aromatic heterocycles. The van der Waals surface area contributed by atoms with E-state index in [1.165, 1.54) is 21.3 Å². The van der Waals surface area contributed by atoms with E-state index in [9.17, 15) is 4.79 Å². The van der Waals surface area contributed by atoms with Crippen molar-refractivity contribution in [3.8, 4) is 17.2 Å². The van der Waals surface area contributed by atoms with Gasteiger partial charge in [-0.05, 0) is 23.8 Å². The molecule has 0 bridgehead atoms. The average molecular weight is 350 g/mol. The van der Waals surface area contributed by atoms with Gasteiger partial charge >= 0.3 is 0 Å². The predicted octanol–water partition coefficient (Wildman–Crippen LogP) is 3.64. The first-order chi connectivity index (χ1) is 11.5. The van der Waals surface area contributed by atoms with Crippen LogP contribution >= 0.6 is 11.6 Å². The van der Waals surface area contributed by atoms with Crippen LogP contribution in [0.5, 0.6) is 17.2 Å².